The van der Waals surface area contributed by atoms with Crippen LogP contribution in [0, 0.1) is 21.4 Å². The Bertz CT molecular complexity index is 854. The van der Waals surface area contributed by atoms with Gasteiger partial charge in [-0.15, -0.1) is 0 Å². The van der Waals surface area contributed by atoms with E-state index in [1.165, 1.54) is 12.1 Å². The fourth-order valence-corrected chi connectivity index (χ4v) is 3.07. The summed E-state index contributed by atoms with van der Waals surface area (Å²) in [6, 6.07) is 18.0. The smallest absolute Gasteiger partial charge is 0.269 e. The third-order valence-corrected chi connectivity index (χ3v) is 4.29. The molecule has 1 heterocycles. The summed E-state index contributed by atoms with van der Waals surface area (Å²) in [5.74, 6) is 0.252. The Morgan fingerprint density at radius 3 is 2.50 bits per heavy atom. The van der Waals surface area contributed by atoms with Gasteiger partial charge in [0.15, 0.2) is 0 Å². The van der Waals surface area contributed by atoms with Crippen LogP contribution in [-0.2, 0) is 9.47 Å². The van der Waals surface area contributed by atoms with Crippen LogP contribution in [0.5, 0.6) is 0 Å². The van der Waals surface area contributed by atoms with Gasteiger partial charge in [-0.25, -0.2) is 0 Å². The van der Waals surface area contributed by atoms with Gasteiger partial charge in [0.2, 0.25) is 6.29 Å². The lowest BCUT2D eigenvalue weighted by Gasteiger charge is -2.32. The Hall–Kier alpha value is -3.17. The minimum Gasteiger partial charge on any atom is -0.463 e. The second-order valence-electron chi connectivity index (χ2n) is 5.86. The fraction of sp³-hybridized carbons (Fsp3) is 0.250. The molecule has 1 aliphatic heterocycles. The summed E-state index contributed by atoms with van der Waals surface area (Å²) in [7, 11) is 0. The van der Waals surface area contributed by atoms with Gasteiger partial charge in [0.25, 0.3) is 5.69 Å². The molecule has 0 N–H and O–H groups in total. The first-order chi connectivity index (χ1) is 12.6. The van der Waals surface area contributed by atoms with Crippen LogP contribution >= 0.6 is 0 Å². The SMILES string of the molecule is CCO[C@H]1C[C@H](c2ccc([N+](=O)[O-])cc2)C(C#N)=C(c2ccccc2)O1. The third kappa shape index (κ3) is 3.58. The van der Waals surface area contributed by atoms with E-state index in [1.807, 2.05) is 37.3 Å². The molecule has 2 aromatic rings. The summed E-state index contributed by atoms with van der Waals surface area (Å²) < 4.78 is 11.6. The molecule has 3 rings (SSSR count). The van der Waals surface area contributed by atoms with E-state index < -0.39 is 11.2 Å². The van der Waals surface area contributed by atoms with E-state index in [1.54, 1.807) is 12.1 Å². The molecule has 0 aromatic heterocycles. The number of nitro benzene ring substituents is 1. The van der Waals surface area contributed by atoms with E-state index in [0.29, 0.717) is 24.4 Å². The molecule has 2 aromatic carbocycles. The highest BCUT2D eigenvalue weighted by Gasteiger charge is 2.33. The summed E-state index contributed by atoms with van der Waals surface area (Å²) in [5, 5.41) is 20.7. The highest BCUT2D eigenvalue weighted by Crippen LogP contribution is 2.41. The summed E-state index contributed by atoms with van der Waals surface area (Å²) in [5.41, 5.74) is 2.16. The number of rotatable bonds is 5. The van der Waals surface area contributed by atoms with E-state index in [2.05, 4.69) is 6.07 Å². The maximum Gasteiger partial charge on any atom is 0.269 e. The van der Waals surface area contributed by atoms with Crippen LogP contribution in [0.1, 0.15) is 30.4 Å². The van der Waals surface area contributed by atoms with E-state index in [-0.39, 0.29) is 11.6 Å². The standard InChI is InChI=1S/C20H18N2O4/c1-2-25-19-12-17(14-8-10-16(11-9-14)22(23)24)18(13-21)20(26-19)15-6-4-3-5-7-15/h3-11,17,19H,2,12H2,1H3/t17-,19-/m1/s1. The Morgan fingerprint density at radius 2 is 1.92 bits per heavy atom. The Labute approximate surface area is 151 Å². The monoisotopic (exact) mass is 350 g/mol. The maximum absolute atomic E-state index is 10.9. The number of allylic oxidation sites excluding steroid dienone is 1. The second-order valence-corrected chi connectivity index (χ2v) is 5.86. The van der Waals surface area contributed by atoms with Gasteiger partial charge in [-0.1, -0.05) is 42.5 Å². The van der Waals surface area contributed by atoms with Crippen molar-refractivity contribution < 1.29 is 14.4 Å². The first-order valence-corrected chi connectivity index (χ1v) is 8.36. The maximum atomic E-state index is 10.9. The number of hydrogen-bond donors (Lipinski definition) is 0. The minimum absolute atomic E-state index is 0.0212. The largest absolute Gasteiger partial charge is 0.463 e. The predicted molar refractivity (Wildman–Crippen MR) is 95.9 cm³/mol. The topological polar surface area (TPSA) is 85.4 Å². The molecule has 6 nitrogen and oxygen atoms in total. The van der Waals surface area contributed by atoms with Gasteiger partial charge < -0.3 is 9.47 Å². The lowest BCUT2D eigenvalue weighted by Crippen LogP contribution is -2.26. The molecule has 6 heteroatoms. The van der Waals surface area contributed by atoms with Crippen LogP contribution in [-0.4, -0.2) is 17.8 Å². The van der Waals surface area contributed by atoms with Gasteiger partial charge in [-0.3, -0.25) is 10.1 Å². The van der Waals surface area contributed by atoms with Gasteiger partial charge in [0.05, 0.1) is 16.6 Å². The van der Waals surface area contributed by atoms with Crippen LogP contribution in [0.2, 0.25) is 0 Å². The van der Waals surface area contributed by atoms with Crippen molar-refractivity contribution in [3.05, 3.63) is 81.4 Å². The fourth-order valence-electron chi connectivity index (χ4n) is 3.07. The lowest BCUT2D eigenvalue weighted by atomic mass is 9.85. The number of nitrogens with zero attached hydrogens (tertiary/aromatic N) is 2. The molecule has 0 aliphatic carbocycles. The second kappa shape index (κ2) is 7.81. The van der Waals surface area contributed by atoms with Crippen molar-refractivity contribution in [2.45, 2.75) is 25.6 Å². The molecule has 132 valence electrons. The van der Waals surface area contributed by atoms with Crippen LogP contribution in [0.3, 0.4) is 0 Å². The molecule has 0 spiro atoms. The summed E-state index contributed by atoms with van der Waals surface area (Å²) in [6.45, 7) is 2.37. The van der Waals surface area contributed by atoms with Gasteiger partial charge >= 0.3 is 0 Å². The number of hydrogen-bond acceptors (Lipinski definition) is 5. The van der Waals surface area contributed by atoms with E-state index in [9.17, 15) is 15.4 Å². The first-order valence-electron chi connectivity index (χ1n) is 8.36. The number of non-ortho nitro benzene ring substituents is 1. The van der Waals surface area contributed by atoms with Gasteiger partial charge in [0, 0.05) is 36.6 Å². The van der Waals surface area contributed by atoms with Crippen molar-refractivity contribution in [2.75, 3.05) is 6.61 Å². The molecule has 0 unspecified atom stereocenters. The molecular formula is C20H18N2O4. The lowest BCUT2D eigenvalue weighted by molar-refractivity contribution is -0.384. The van der Waals surface area contributed by atoms with Crippen LogP contribution in [0.15, 0.2) is 60.2 Å². The Morgan fingerprint density at radius 1 is 1.23 bits per heavy atom. The third-order valence-electron chi connectivity index (χ3n) is 4.29. The molecular weight excluding hydrogens is 332 g/mol. The highest BCUT2D eigenvalue weighted by molar-refractivity contribution is 5.69. The average Bonchev–Trinajstić information content (AvgIpc) is 2.68. The van der Waals surface area contributed by atoms with E-state index in [0.717, 1.165) is 11.1 Å². The zero-order chi connectivity index (χ0) is 18.5. The van der Waals surface area contributed by atoms with Crippen molar-refractivity contribution in [3.63, 3.8) is 0 Å². The zero-order valence-electron chi connectivity index (χ0n) is 14.3. The van der Waals surface area contributed by atoms with Crippen LogP contribution in [0.25, 0.3) is 5.76 Å². The van der Waals surface area contributed by atoms with Crippen molar-refractivity contribution in [1.29, 1.82) is 5.26 Å². The average molecular weight is 350 g/mol. The molecule has 0 saturated heterocycles. The van der Waals surface area contributed by atoms with Gasteiger partial charge in [0.1, 0.15) is 5.76 Å². The normalized spacial score (nSPS) is 19.5. The Kier molecular flexibility index (Phi) is 5.30. The van der Waals surface area contributed by atoms with Gasteiger partial charge in [-0.05, 0) is 12.5 Å². The van der Waals surface area contributed by atoms with Crippen molar-refractivity contribution in [3.8, 4) is 6.07 Å². The highest BCUT2D eigenvalue weighted by atomic mass is 16.7. The van der Waals surface area contributed by atoms with Crippen LogP contribution < -0.4 is 0 Å². The molecule has 0 fully saturated rings. The summed E-state index contributed by atoms with van der Waals surface area (Å²) >= 11 is 0. The van der Waals surface area contributed by atoms with E-state index in [4.69, 9.17) is 9.47 Å². The number of nitriles is 1. The molecule has 0 radical (unpaired) electrons. The summed E-state index contributed by atoms with van der Waals surface area (Å²) in [4.78, 5) is 10.4. The minimum atomic E-state index is -0.479. The quantitative estimate of drug-likeness (QED) is 0.589. The summed E-state index contributed by atoms with van der Waals surface area (Å²) in [6.07, 6.45) is -0.00211. The first kappa shape index (κ1) is 17.6. The number of ether oxygens (including phenoxy) is 2. The molecule has 0 bridgehead atoms. The molecule has 1 aliphatic rings. The van der Waals surface area contributed by atoms with Crippen molar-refractivity contribution in [1.82, 2.24) is 0 Å². The van der Waals surface area contributed by atoms with Crippen LogP contribution in [0.4, 0.5) is 5.69 Å². The number of benzene rings is 2. The van der Waals surface area contributed by atoms with Crippen molar-refractivity contribution >= 4 is 11.4 Å². The zero-order valence-corrected chi connectivity index (χ0v) is 14.3. The molecule has 0 saturated carbocycles. The Balaban J connectivity index is 2.06. The molecule has 2 atom stereocenters. The number of nitro groups is 1. The molecule has 0 amide bonds. The predicted octanol–water partition coefficient (Wildman–Crippen LogP) is 4.40. The molecule has 26 heavy (non-hydrogen) atoms. The van der Waals surface area contributed by atoms with Gasteiger partial charge in [-0.2, -0.15) is 5.26 Å². The van der Waals surface area contributed by atoms with Crippen molar-refractivity contribution in [2.24, 2.45) is 0 Å². The van der Waals surface area contributed by atoms with E-state index >= 15 is 0 Å².